The van der Waals surface area contributed by atoms with Crippen LogP contribution in [0.5, 0.6) is 0 Å². The van der Waals surface area contributed by atoms with Gasteiger partial charge in [0.25, 0.3) is 0 Å². The molecule has 1 unspecified atom stereocenters. The van der Waals surface area contributed by atoms with Gasteiger partial charge in [0.1, 0.15) is 6.04 Å². The fourth-order valence-corrected chi connectivity index (χ4v) is 3.63. The summed E-state index contributed by atoms with van der Waals surface area (Å²) >= 11 is 6.05. The number of nitrogens with two attached hydrogens (primary N) is 1. The van der Waals surface area contributed by atoms with Gasteiger partial charge in [0, 0.05) is 18.1 Å². The van der Waals surface area contributed by atoms with E-state index in [2.05, 4.69) is 24.1 Å². The highest BCUT2D eigenvalue weighted by Gasteiger charge is 2.21. The third-order valence-corrected chi connectivity index (χ3v) is 5.30. The molecule has 0 aromatic heterocycles. The van der Waals surface area contributed by atoms with Crippen molar-refractivity contribution < 1.29 is 0 Å². The zero-order chi connectivity index (χ0) is 17.6. The van der Waals surface area contributed by atoms with E-state index in [0.717, 1.165) is 16.1 Å². The van der Waals surface area contributed by atoms with Gasteiger partial charge in [0.15, 0.2) is 5.96 Å². The van der Waals surface area contributed by atoms with Crippen LogP contribution in [0.3, 0.4) is 0 Å². The second-order valence-electron chi connectivity index (χ2n) is 6.75. The summed E-state index contributed by atoms with van der Waals surface area (Å²) in [6.45, 7) is 0. The molecule has 132 valence electrons. The Hall–Kier alpha value is -2.00. The first-order chi connectivity index (χ1) is 12.1. The van der Waals surface area contributed by atoms with Gasteiger partial charge in [-0.25, -0.2) is 4.99 Å². The molecule has 0 bridgehead atoms. The maximum absolute atomic E-state index is 6.40. The van der Waals surface area contributed by atoms with Crippen molar-refractivity contribution in [1.29, 1.82) is 0 Å². The topological polar surface area (TPSA) is 41.6 Å². The molecule has 1 aliphatic rings. The summed E-state index contributed by atoms with van der Waals surface area (Å²) in [6.07, 6.45) is 6.29. The number of aliphatic imine (C=N–C) groups is 1. The lowest BCUT2D eigenvalue weighted by molar-refractivity contribution is 0.275. The zero-order valence-electron chi connectivity index (χ0n) is 14.7. The number of nitrogens with zero attached hydrogens (tertiary/aromatic N) is 2. The average Bonchev–Trinajstić information content (AvgIpc) is 2.67. The Kier molecular flexibility index (Phi) is 5.98. The molecule has 1 saturated carbocycles. The van der Waals surface area contributed by atoms with Crippen LogP contribution < -0.4 is 5.73 Å². The van der Waals surface area contributed by atoms with Crippen LogP contribution in [0.1, 0.15) is 49.3 Å². The Morgan fingerprint density at radius 2 is 1.60 bits per heavy atom. The summed E-state index contributed by atoms with van der Waals surface area (Å²) in [5.41, 5.74) is 8.63. The second kappa shape index (κ2) is 8.39. The summed E-state index contributed by atoms with van der Waals surface area (Å²) in [5, 5.41) is 0.729. The molecule has 3 rings (SSSR count). The van der Waals surface area contributed by atoms with E-state index in [4.69, 9.17) is 22.3 Å². The standard InChI is InChI=1S/C21H26ClN3/c1-25(19-10-6-3-7-11-19)21(23)24-20(16-8-4-2-5-9-16)17-12-14-18(22)15-13-17/h2,4-5,8-9,12-15,19-20H,3,6-7,10-11H2,1H3,(H2,23,24). The van der Waals surface area contributed by atoms with Gasteiger partial charge >= 0.3 is 0 Å². The van der Waals surface area contributed by atoms with Crippen molar-refractivity contribution in [2.24, 2.45) is 10.7 Å². The van der Waals surface area contributed by atoms with Crippen molar-refractivity contribution in [3.8, 4) is 0 Å². The smallest absolute Gasteiger partial charge is 0.192 e. The van der Waals surface area contributed by atoms with E-state index < -0.39 is 0 Å². The van der Waals surface area contributed by atoms with Crippen molar-refractivity contribution in [3.63, 3.8) is 0 Å². The molecule has 3 nitrogen and oxygen atoms in total. The van der Waals surface area contributed by atoms with Gasteiger partial charge in [0.2, 0.25) is 0 Å². The van der Waals surface area contributed by atoms with Gasteiger partial charge in [-0.1, -0.05) is 73.3 Å². The van der Waals surface area contributed by atoms with Gasteiger partial charge in [-0.15, -0.1) is 0 Å². The lowest BCUT2D eigenvalue weighted by Gasteiger charge is -2.32. The molecule has 0 radical (unpaired) electrons. The molecule has 25 heavy (non-hydrogen) atoms. The minimum absolute atomic E-state index is 0.121. The molecule has 1 atom stereocenters. The van der Waals surface area contributed by atoms with Crippen LogP contribution in [0.15, 0.2) is 59.6 Å². The molecular formula is C21H26ClN3. The highest BCUT2D eigenvalue weighted by molar-refractivity contribution is 6.30. The zero-order valence-corrected chi connectivity index (χ0v) is 15.5. The molecule has 0 spiro atoms. The number of guanidine groups is 1. The molecule has 0 saturated heterocycles. The fourth-order valence-electron chi connectivity index (χ4n) is 3.50. The fraction of sp³-hybridized carbons (Fsp3) is 0.381. The van der Waals surface area contributed by atoms with Crippen LogP contribution in [0.2, 0.25) is 5.02 Å². The normalized spacial score (nSPS) is 17.3. The maximum atomic E-state index is 6.40. The predicted octanol–water partition coefficient (Wildman–Crippen LogP) is 5.01. The van der Waals surface area contributed by atoms with Crippen LogP contribution in [0.25, 0.3) is 0 Å². The van der Waals surface area contributed by atoms with E-state index in [-0.39, 0.29) is 6.04 Å². The van der Waals surface area contributed by atoms with Crippen molar-refractivity contribution in [2.75, 3.05) is 7.05 Å². The van der Waals surface area contributed by atoms with Crippen molar-refractivity contribution >= 4 is 17.6 Å². The molecule has 2 N–H and O–H groups in total. The van der Waals surface area contributed by atoms with E-state index in [1.54, 1.807) is 0 Å². The molecule has 2 aromatic rings. The summed E-state index contributed by atoms with van der Waals surface area (Å²) in [4.78, 5) is 7.06. The molecular weight excluding hydrogens is 330 g/mol. The first-order valence-electron chi connectivity index (χ1n) is 9.01. The molecule has 1 fully saturated rings. The first-order valence-corrected chi connectivity index (χ1v) is 9.39. The second-order valence-corrected chi connectivity index (χ2v) is 7.19. The van der Waals surface area contributed by atoms with Crippen LogP contribution in [0, 0.1) is 0 Å². The molecule has 0 amide bonds. The monoisotopic (exact) mass is 355 g/mol. The SMILES string of the molecule is CN(C(N)=NC(c1ccccc1)c1ccc(Cl)cc1)C1CCCCC1. The minimum atomic E-state index is -0.121. The highest BCUT2D eigenvalue weighted by atomic mass is 35.5. The summed E-state index contributed by atoms with van der Waals surface area (Å²) in [7, 11) is 2.07. The van der Waals surface area contributed by atoms with Crippen LogP contribution in [-0.2, 0) is 0 Å². The number of benzene rings is 2. The number of halogens is 1. The minimum Gasteiger partial charge on any atom is -0.370 e. The van der Waals surface area contributed by atoms with Gasteiger partial charge in [-0.2, -0.15) is 0 Å². The van der Waals surface area contributed by atoms with Crippen molar-refractivity contribution in [3.05, 3.63) is 70.7 Å². The van der Waals surface area contributed by atoms with Crippen LogP contribution in [0.4, 0.5) is 0 Å². The predicted molar refractivity (Wildman–Crippen MR) is 106 cm³/mol. The lowest BCUT2D eigenvalue weighted by atomic mass is 9.94. The quantitative estimate of drug-likeness (QED) is 0.618. The van der Waals surface area contributed by atoms with E-state index in [0.29, 0.717) is 12.0 Å². The third-order valence-electron chi connectivity index (χ3n) is 5.05. The first kappa shape index (κ1) is 17.8. The van der Waals surface area contributed by atoms with E-state index in [1.165, 1.54) is 32.1 Å². The van der Waals surface area contributed by atoms with Crippen LogP contribution in [-0.4, -0.2) is 23.9 Å². The Bertz CT molecular complexity index is 691. The van der Waals surface area contributed by atoms with Gasteiger partial charge in [0.05, 0.1) is 0 Å². The Morgan fingerprint density at radius 1 is 1.00 bits per heavy atom. The molecule has 0 heterocycles. The van der Waals surface area contributed by atoms with Gasteiger partial charge in [-0.3, -0.25) is 0 Å². The average molecular weight is 356 g/mol. The van der Waals surface area contributed by atoms with Crippen molar-refractivity contribution in [1.82, 2.24) is 4.90 Å². The van der Waals surface area contributed by atoms with E-state index in [9.17, 15) is 0 Å². The van der Waals surface area contributed by atoms with Gasteiger partial charge < -0.3 is 10.6 Å². The molecule has 1 aliphatic carbocycles. The molecule has 4 heteroatoms. The number of hydrogen-bond donors (Lipinski definition) is 1. The maximum Gasteiger partial charge on any atom is 0.192 e. The van der Waals surface area contributed by atoms with Gasteiger partial charge in [-0.05, 0) is 36.1 Å². The van der Waals surface area contributed by atoms with E-state index in [1.807, 2.05) is 42.5 Å². The lowest BCUT2D eigenvalue weighted by Crippen LogP contribution is -2.43. The van der Waals surface area contributed by atoms with E-state index >= 15 is 0 Å². The summed E-state index contributed by atoms with van der Waals surface area (Å²) in [6, 6.07) is 18.5. The Balaban J connectivity index is 1.89. The highest BCUT2D eigenvalue weighted by Crippen LogP contribution is 2.28. The number of hydrogen-bond acceptors (Lipinski definition) is 1. The summed E-state index contributed by atoms with van der Waals surface area (Å²) < 4.78 is 0. The Morgan fingerprint density at radius 3 is 2.24 bits per heavy atom. The van der Waals surface area contributed by atoms with Crippen LogP contribution >= 0.6 is 11.6 Å². The molecule has 2 aromatic carbocycles. The summed E-state index contributed by atoms with van der Waals surface area (Å²) in [5.74, 6) is 0.607. The molecule has 0 aliphatic heterocycles. The number of rotatable bonds is 4. The van der Waals surface area contributed by atoms with Crippen molar-refractivity contribution in [2.45, 2.75) is 44.2 Å². The largest absolute Gasteiger partial charge is 0.370 e. The Labute approximate surface area is 155 Å². The third kappa shape index (κ3) is 4.55.